The van der Waals surface area contributed by atoms with Gasteiger partial charge in [0.05, 0.1) is 6.61 Å². The maximum atomic E-state index is 13.1. The SMILES string of the molecule is Cc1cc(F)cc(NC(=O)C2CNCCO2)c1. The van der Waals surface area contributed by atoms with E-state index in [2.05, 4.69) is 10.6 Å². The molecule has 2 N–H and O–H groups in total. The molecule has 0 saturated carbocycles. The Labute approximate surface area is 99.2 Å². The van der Waals surface area contributed by atoms with Crippen LogP contribution in [0.4, 0.5) is 10.1 Å². The summed E-state index contributed by atoms with van der Waals surface area (Å²) in [6, 6.07) is 4.42. The molecule has 4 nitrogen and oxygen atoms in total. The molecule has 2 rings (SSSR count). The minimum absolute atomic E-state index is 0.248. The molecule has 1 heterocycles. The summed E-state index contributed by atoms with van der Waals surface area (Å²) in [6.07, 6.45) is -0.507. The van der Waals surface area contributed by atoms with Crippen molar-refractivity contribution in [2.45, 2.75) is 13.0 Å². The van der Waals surface area contributed by atoms with Gasteiger partial charge in [-0.15, -0.1) is 0 Å². The van der Waals surface area contributed by atoms with Crippen LogP contribution in [0.2, 0.25) is 0 Å². The molecule has 1 aliphatic rings. The van der Waals surface area contributed by atoms with Crippen LogP contribution in [0.15, 0.2) is 18.2 Å². The predicted molar refractivity (Wildman–Crippen MR) is 62.4 cm³/mol. The molecular formula is C12H15FN2O2. The Hall–Kier alpha value is -1.46. The van der Waals surface area contributed by atoms with Crippen molar-refractivity contribution in [3.05, 3.63) is 29.6 Å². The Morgan fingerprint density at radius 2 is 2.35 bits per heavy atom. The van der Waals surface area contributed by atoms with Crippen LogP contribution in [0.3, 0.4) is 0 Å². The molecule has 0 bridgehead atoms. The van der Waals surface area contributed by atoms with Gasteiger partial charge in [-0.3, -0.25) is 4.79 Å². The van der Waals surface area contributed by atoms with E-state index < -0.39 is 6.10 Å². The molecule has 1 fully saturated rings. The van der Waals surface area contributed by atoms with Crippen molar-refractivity contribution >= 4 is 11.6 Å². The number of benzene rings is 1. The van der Waals surface area contributed by atoms with Gasteiger partial charge in [0.1, 0.15) is 11.9 Å². The molecule has 0 spiro atoms. The van der Waals surface area contributed by atoms with Gasteiger partial charge in [0.2, 0.25) is 0 Å². The zero-order valence-electron chi connectivity index (χ0n) is 9.63. The molecule has 1 saturated heterocycles. The second-order valence-corrected chi connectivity index (χ2v) is 4.07. The van der Waals surface area contributed by atoms with E-state index in [1.165, 1.54) is 12.1 Å². The number of rotatable bonds is 2. The molecule has 1 aromatic rings. The average molecular weight is 238 g/mol. The van der Waals surface area contributed by atoms with Crippen molar-refractivity contribution in [2.24, 2.45) is 0 Å². The standard InChI is InChI=1S/C12H15FN2O2/c1-8-4-9(13)6-10(5-8)15-12(16)11-7-14-2-3-17-11/h4-6,11,14H,2-3,7H2,1H3,(H,15,16). The van der Waals surface area contributed by atoms with Crippen molar-refractivity contribution < 1.29 is 13.9 Å². The van der Waals surface area contributed by atoms with E-state index in [1.807, 2.05) is 0 Å². The van der Waals surface area contributed by atoms with Crippen LogP contribution < -0.4 is 10.6 Å². The van der Waals surface area contributed by atoms with Crippen LogP contribution in [0.25, 0.3) is 0 Å². The summed E-state index contributed by atoms with van der Waals surface area (Å²) in [4.78, 5) is 11.8. The number of nitrogens with one attached hydrogen (secondary N) is 2. The van der Waals surface area contributed by atoms with Crippen molar-refractivity contribution in [3.63, 3.8) is 0 Å². The fourth-order valence-corrected chi connectivity index (χ4v) is 1.77. The van der Waals surface area contributed by atoms with E-state index in [1.54, 1.807) is 13.0 Å². The van der Waals surface area contributed by atoms with Gasteiger partial charge < -0.3 is 15.4 Å². The summed E-state index contributed by atoms with van der Waals surface area (Å²) >= 11 is 0. The van der Waals surface area contributed by atoms with Crippen molar-refractivity contribution in [3.8, 4) is 0 Å². The third kappa shape index (κ3) is 3.25. The first-order chi connectivity index (χ1) is 8.15. The molecule has 1 aliphatic heterocycles. The first-order valence-electron chi connectivity index (χ1n) is 5.55. The van der Waals surface area contributed by atoms with Gasteiger partial charge >= 0.3 is 0 Å². The van der Waals surface area contributed by atoms with Crippen molar-refractivity contribution in [2.75, 3.05) is 25.0 Å². The van der Waals surface area contributed by atoms with Crippen molar-refractivity contribution in [1.29, 1.82) is 0 Å². The molecule has 5 heteroatoms. The van der Waals surface area contributed by atoms with Gasteiger partial charge in [-0.25, -0.2) is 4.39 Å². The third-order valence-corrected chi connectivity index (χ3v) is 2.53. The van der Waals surface area contributed by atoms with Gasteiger partial charge in [0.25, 0.3) is 5.91 Å². The average Bonchev–Trinajstić information content (AvgIpc) is 2.28. The lowest BCUT2D eigenvalue weighted by Crippen LogP contribution is -2.45. The summed E-state index contributed by atoms with van der Waals surface area (Å²) < 4.78 is 18.4. The van der Waals surface area contributed by atoms with E-state index in [4.69, 9.17) is 4.74 Å². The number of anilines is 1. The first kappa shape index (κ1) is 12.0. The molecular weight excluding hydrogens is 223 g/mol. The molecule has 92 valence electrons. The Morgan fingerprint density at radius 1 is 1.53 bits per heavy atom. The summed E-state index contributed by atoms with van der Waals surface area (Å²) in [5.41, 5.74) is 1.23. The van der Waals surface area contributed by atoms with Gasteiger partial charge in [-0.1, -0.05) is 0 Å². The second kappa shape index (κ2) is 5.25. The van der Waals surface area contributed by atoms with Crippen molar-refractivity contribution in [1.82, 2.24) is 5.32 Å². The molecule has 1 atom stereocenters. The molecule has 17 heavy (non-hydrogen) atoms. The van der Waals surface area contributed by atoms with Gasteiger partial charge in [0, 0.05) is 18.8 Å². The highest BCUT2D eigenvalue weighted by Crippen LogP contribution is 2.14. The number of halogens is 1. The maximum Gasteiger partial charge on any atom is 0.254 e. The number of carbonyl (C=O) groups excluding carboxylic acids is 1. The number of morpholine rings is 1. The van der Waals surface area contributed by atoms with E-state index in [0.717, 1.165) is 12.1 Å². The van der Waals surface area contributed by atoms with E-state index in [-0.39, 0.29) is 11.7 Å². The number of amides is 1. The summed E-state index contributed by atoms with van der Waals surface area (Å²) in [5.74, 6) is -0.606. The number of hydrogen-bond donors (Lipinski definition) is 2. The summed E-state index contributed by atoms with van der Waals surface area (Å²) in [5, 5.41) is 5.71. The first-order valence-corrected chi connectivity index (χ1v) is 5.55. The van der Waals surface area contributed by atoms with Crippen LogP contribution in [-0.4, -0.2) is 31.7 Å². The summed E-state index contributed by atoms with van der Waals surface area (Å²) in [7, 11) is 0. The topological polar surface area (TPSA) is 50.4 Å². The lowest BCUT2D eigenvalue weighted by Gasteiger charge is -2.22. The maximum absolute atomic E-state index is 13.1. The Balaban J connectivity index is 2.01. The minimum Gasteiger partial charge on any atom is -0.366 e. The summed E-state index contributed by atoms with van der Waals surface area (Å²) in [6.45, 7) is 3.53. The van der Waals surface area contributed by atoms with Crippen LogP contribution in [0.1, 0.15) is 5.56 Å². The largest absolute Gasteiger partial charge is 0.366 e. The fraction of sp³-hybridized carbons (Fsp3) is 0.417. The molecule has 1 aromatic carbocycles. The minimum atomic E-state index is -0.507. The van der Waals surface area contributed by atoms with Crippen LogP contribution in [0, 0.1) is 12.7 Å². The predicted octanol–water partition coefficient (Wildman–Crippen LogP) is 1.06. The van der Waals surface area contributed by atoms with Gasteiger partial charge in [-0.05, 0) is 30.7 Å². The molecule has 0 aromatic heterocycles. The van der Waals surface area contributed by atoms with Gasteiger partial charge in [0.15, 0.2) is 0 Å². The lowest BCUT2D eigenvalue weighted by molar-refractivity contribution is -0.128. The smallest absolute Gasteiger partial charge is 0.254 e. The molecule has 1 amide bonds. The molecule has 0 radical (unpaired) electrons. The van der Waals surface area contributed by atoms with Crippen LogP contribution in [0.5, 0.6) is 0 Å². The van der Waals surface area contributed by atoms with Crippen LogP contribution >= 0.6 is 0 Å². The number of hydrogen-bond acceptors (Lipinski definition) is 3. The van der Waals surface area contributed by atoms with Crippen LogP contribution in [-0.2, 0) is 9.53 Å². The lowest BCUT2D eigenvalue weighted by atomic mass is 10.2. The molecule has 0 aliphatic carbocycles. The monoisotopic (exact) mass is 238 g/mol. The highest BCUT2D eigenvalue weighted by molar-refractivity contribution is 5.94. The quantitative estimate of drug-likeness (QED) is 0.810. The van der Waals surface area contributed by atoms with Gasteiger partial charge in [-0.2, -0.15) is 0 Å². The number of carbonyl (C=O) groups is 1. The second-order valence-electron chi connectivity index (χ2n) is 4.07. The number of ether oxygens (including phenoxy) is 1. The highest BCUT2D eigenvalue weighted by atomic mass is 19.1. The zero-order chi connectivity index (χ0) is 12.3. The Bertz CT molecular complexity index is 397. The molecule has 1 unspecified atom stereocenters. The normalized spacial score (nSPS) is 20.0. The third-order valence-electron chi connectivity index (χ3n) is 2.53. The van der Waals surface area contributed by atoms with E-state index in [9.17, 15) is 9.18 Å². The highest BCUT2D eigenvalue weighted by Gasteiger charge is 2.21. The van der Waals surface area contributed by atoms with E-state index in [0.29, 0.717) is 18.8 Å². The Kier molecular flexibility index (Phi) is 3.71. The van der Waals surface area contributed by atoms with E-state index >= 15 is 0 Å². The number of aryl methyl sites for hydroxylation is 1. The Morgan fingerprint density at radius 3 is 3.00 bits per heavy atom. The fourth-order valence-electron chi connectivity index (χ4n) is 1.77. The zero-order valence-corrected chi connectivity index (χ0v) is 9.63.